The van der Waals surface area contributed by atoms with Crippen LogP contribution in [-0.4, -0.2) is 54.6 Å². The Balaban J connectivity index is 0.00000120. The Kier molecular flexibility index (Phi) is 8.70. The molecule has 8 heteroatoms. The lowest BCUT2D eigenvalue weighted by Crippen LogP contribution is -2.45. The highest BCUT2D eigenvalue weighted by molar-refractivity contribution is 5.86. The van der Waals surface area contributed by atoms with Crippen LogP contribution in [0.15, 0.2) is 6.20 Å². The van der Waals surface area contributed by atoms with E-state index >= 15 is 0 Å². The van der Waals surface area contributed by atoms with Crippen molar-refractivity contribution in [3.05, 3.63) is 17.5 Å². The number of nitrogens with zero attached hydrogens (tertiary/aromatic N) is 4. The average molecular weight is 343 g/mol. The molecule has 1 saturated heterocycles. The number of hydrogen-bond acceptors (Lipinski definition) is 5. The molecular weight excluding hydrogens is 321 g/mol. The Hall–Kier alpha value is -0.330. The maximum Gasteiger partial charge on any atom is 0.225 e. The zero-order valence-electron chi connectivity index (χ0n) is 11.5. The summed E-state index contributed by atoms with van der Waals surface area (Å²) in [4.78, 5) is 13.9. The highest BCUT2D eigenvalue weighted by Crippen LogP contribution is 2.16. The normalized spacial score (nSPS) is 18.1. The number of rotatable bonds is 1. The smallest absolute Gasteiger partial charge is 0.225 e. The predicted octanol–water partition coefficient (Wildman–Crippen LogP) is 1.14. The van der Waals surface area contributed by atoms with Gasteiger partial charge in [-0.2, -0.15) is 0 Å². The molecule has 5 nitrogen and oxygen atoms in total. The number of piperazine rings is 1. The van der Waals surface area contributed by atoms with Crippen molar-refractivity contribution in [3.8, 4) is 0 Å². The van der Waals surface area contributed by atoms with Crippen molar-refractivity contribution in [2.75, 3.05) is 44.7 Å². The molecule has 0 atom stereocenters. The number of aromatic nitrogens is 2. The maximum absolute atomic E-state index is 4.72. The highest BCUT2D eigenvalue weighted by Gasteiger charge is 2.18. The van der Waals surface area contributed by atoms with Gasteiger partial charge in [0.25, 0.3) is 0 Å². The lowest BCUT2D eigenvalue weighted by atomic mass is 10.1. The second-order valence-electron chi connectivity index (χ2n) is 4.86. The van der Waals surface area contributed by atoms with Gasteiger partial charge in [0.05, 0.1) is 5.69 Å². The van der Waals surface area contributed by atoms with Crippen LogP contribution in [0, 0.1) is 0 Å². The first-order chi connectivity index (χ1) is 8.33. The van der Waals surface area contributed by atoms with Gasteiger partial charge in [-0.1, -0.05) is 0 Å². The minimum absolute atomic E-state index is 0. The van der Waals surface area contributed by atoms with Crippen molar-refractivity contribution in [1.82, 2.24) is 20.2 Å². The van der Waals surface area contributed by atoms with Crippen LogP contribution in [-0.2, 0) is 13.0 Å². The first kappa shape index (κ1) is 19.7. The van der Waals surface area contributed by atoms with Crippen molar-refractivity contribution in [2.45, 2.75) is 13.0 Å². The van der Waals surface area contributed by atoms with E-state index in [1.54, 1.807) is 0 Å². The molecule has 1 aromatic heterocycles. The van der Waals surface area contributed by atoms with E-state index in [0.29, 0.717) is 0 Å². The number of hydrogen-bond donors (Lipinski definition) is 1. The van der Waals surface area contributed by atoms with Gasteiger partial charge in [-0.3, -0.25) is 0 Å². The third-order valence-corrected chi connectivity index (χ3v) is 3.58. The van der Waals surface area contributed by atoms with Gasteiger partial charge in [0, 0.05) is 57.4 Å². The number of halogens is 3. The van der Waals surface area contributed by atoms with Crippen LogP contribution < -0.4 is 10.2 Å². The monoisotopic (exact) mass is 341 g/mol. The fourth-order valence-corrected chi connectivity index (χ4v) is 2.38. The number of likely N-dealkylation sites (N-methyl/N-ethyl adjacent to an activating group) is 1. The maximum atomic E-state index is 4.72. The van der Waals surface area contributed by atoms with E-state index < -0.39 is 0 Å². The Morgan fingerprint density at radius 2 is 1.80 bits per heavy atom. The summed E-state index contributed by atoms with van der Waals surface area (Å²) in [7, 11) is 2.16. The van der Waals surface area contributed by atoms with Gasteiger partial charge in [-0.25, -0.2) is 9.97 Å². The van der Waals surface area contributed by atoms with Gasteiger partial charge in [0.15, 0.2) is 0 Å². The summed E-state index contributed by atoms with van der Waals surface area (Å²) in [6, 6.07) is 0. The third kappa shape index (κ3) is 4.33. The van der Waals surface area contributed by atoms with E-state index in [2.05, 4.69) is 27.1 Å². The molecule has 2 aliphatic rings. The SMILES string of the molecule is CN1CCN(c2ncc3c(n2)CCNC3)CC1.Cl.Cl.Cl. The average Bonchev–Trinajstić information content (AvgIpc) is 2.39. The standard InChI is InChI=1S/C12H19N5.3ClH/c1-16-4-6-17(7-5-16)12-14-9-10-8-13-3-2-11(10)15-12;;;/h9,13H,2-8H2,1H3;3*1H. The second kappa shape index (κ2) is 8.85. The zero-order chi connectivity index (χ0) is 11.7. The molecule has 20 heavy (non-hydrogen) atoms. The molecule has 0 bridgehead atoms. The summed E-state index contributed by atoms with van der Waals surface area (Å²) in [6.07, 6.45) is 3.01. The van der Waals surface area contributed by atoms with Crippen LogP contribution in [0.4, 0.5) is 5.95 Å². The molecule has 0 aromatic carbocycles. The van der Waals surface area contributed by atoms with E-state index in [4.69, 9.17) is 4.98 Å². The van der Waals surface area contributed by atoms with Crippen LogP contribution in [0.2, 0.25) is 0 Å². The summed E-state index contributed by atoms with van der Waals surface area (Å²) in [5, 5.41) is 3.35. The minimum Gasteiger partial charge on any atom is -0.338 e. The summed E-state index contributed by atoms with van der Waals surface area (Å²) in [5.74, 6) is 0.916. The molecule has 3 heterocycles. The van der Waals surface area contributed by atoms with Gasteiger partial charge in [0.2, 0.25) is 5.95 Å². The zero-order valence-corrected chi connectivity index (χ0v) is 14.0. The highest BCUT2D eigenvalue weighted by atomic mass is 35.5. The summed E-state index contributed by atoms with van der Waals surface area (Å²) < 4.78 is 0. The number of anilines is 1. The first-order valence-corrected chi connectivity index (χ1v) is 6.32. The summed E-state index contributed by atoms with van der Waals surface area (Å²) in [6.45, 7) is 6.22. The molecular formula is C12H22Cl3N5. The topological polar surface area (TPSA) is 44.3 Å². The van der Waals surface area contributed by atoms with E-state index in [-0.39, 0.29) is 37.2 Å². The molecule has 0 unspecified atom stereocenters. The van der Waals surface area contributed by atoms with E-state index in [0.717, 1.165) is 51.6 Å². The molecule has 1 N–H and O–H groups in total. The predicted molar refractivity (Wildman–Crippen MR) is 88.9 cm³/mol. The largest absolute Gasteiger partial charge is 0.338 e. The molecule has 1 fully saturated rings. The fraction of sp³-hybridized carbons (Fsp3) is 0.667. The molecule has 3 rings (SSSR count). The van der Waals surface area contributed by atoms with E-state index in [1.807, 2.05) is 6.20 Å². The Morgan fingerprint density at radius 3 is 2.50 bits per heavy atom. The van der Waals surface area contributed by atoms with Crippen LogP contribution in [0.1, 0.15) is 11.3 Å². The molecule has 0 aliphatic carbocycles. The van der Waals surface area contributed by atoms with Crippen molar-refractivity contribution in [2.24, 2.45) is 0 Å². The van der Waals surface area contributed by atoms with Gasteiger partial charge < -0.3 is 15.1 Å². The van der Waals surface area contributed by atoms with Gasteiger partial charge >= 0.3 is 0 Å². The third-order valence-electron chi connectivity index (χ3n) is 3.58. The Morgan fingerprint density at radius 1 is 1.10 bits per heavy atom. The Bertz CT molecular complexity index is 410. The lowest BCUT2D eigenvalue weighted by molar-refractivity contribution is 0.311. The van der Waals surface area contributed by atoms with E-state index in [1.165, 1.54) is 11.3 Å². The van der Waals surface area contributed by atoms with Gasteiger partial charge in [0.1, 0.15) is 0 Å². The minimum atomic E-state index is 0. The molecule has 0 spiro atoms. The molecule has 0 radical (unpaired) electrons. The molecule has 2 aliphatic heterocycles. The quantitative estimate of drug-likeness (QED) is 0.829. The van der Waals surface area contributed by atoms with E-state index in [9.17, 15) is 0 Å². The summed E-state index contributed by atoms with van der Waals surface area (Å²) >= 11 is 0. The van der Waals surface area contributed by atoms with Crippen LogP contribution in [0.25, 0.3) is 0 Å². The van der Waals surface area contributed by atoms with Gasteiger partial charge in [-0.05, 0) is 7.05 Å². The molecule has 0 amide bonds. The van der Waals surface area contributed by atoms with Crippen molar-refractivity contribution >= 4 is 43.2 Å². The number of nitrogens with one attached hydrogen (secondary N) is 1. The molecule has 1 aromatic rings. The van der Waals surface area contributed by atoms with Crippen molar-refractivity contribution < 1.29 is 0 Å². The molecule has 0 saturated carbocycles. The van der Waals surface area contributed by atoms with Gasteiger partial charge in [-0.15, -0.1) is 37.2 Å². The Labute approximate surface area is 138 Å². The van der Waals surface area contributed by atoms with Crippen molar-refractivity contribution in [1.29, 1.82) is 0 Å². The molecule has 116 valence electrons. The summed E-state index contributed by atoms with van der Waals surface area (Å²) in [5.41, 5.74) is 2.49. The first-order valence-electron chi connectivity index (χ1n) is 6.32. The van der Waals surface area contributed by atoms with Crippen molar-refractivity contribution in [3.63, 3.8) is 0 Å². The second-order valence-corrected chi connectivity index (χ2v) is 4.86. The van der Waals surface area contributed by atoms with Crippen LogP contribution in [0.5, 0.6) is 0 Å². The number of fused-ring (bicyclic) bond motifs is 1. The lowest BCUT2D eigenvalue weighted by Gasteiger charge is -2.32. The van der Waals surface area contributed by atoms with Crippen LogP contribution >= 0.6 is 37.2 Å². The fourth-order valence-electron chi connectivity index (χ4n) is 2.38. The van der Waals surface area contributed by atoms with Crippen LogP contribution in [0.3, 0.4) is 0 Å².